The molecule has 0 spiro atoms. The zero-order valence-electron chi connectivity index (χ0n) is 13.3. The van der Waals surface area contributed by atoms with Gasteiger partial charge in [-0.1, -0.05) is 24.3 Å². The van der Waals surface area contributed by atoms with Gasteiger partial charge in [-0.3, -0.25) is 9.69 Å². The Hall–Kier alpha value is -1.43. The van der Waals surface area contributed by atoms with Crippen LogP contribution in [0, 0.1) is 6.92 Å². The van der Waals surface area contributed by atoms with E-state index < -0.39 is 0 Å². The van der Waals surface area contributed by atoms with Crippen molar-refractivity contribution in [2.45, 2.75) is 19.5 Å². The highest BCUT2D eigenvalue weighted by atomic mass is 16.5. The molecule has 5 nitrogen and oxygen atoms in total. The van der Waals surface area contributed by atoms with Crippen LogP contribution in [0.2, 0.25) is 0 Å². The summed E-state index contributed by atoms with van der Waals surface area (Å²) >= 11 is 0. The fraction of sp³-hybridized carbons (Fsp3) is 0.588. The van der Waals surface area contributed by atoms with E-state index in [1.807, 2.05) is 4.90 Å². The Morgan fingerprint density at radius 3 is 2.73 bits per heavy atom. The van der Waals surface area contributed by atoms with Gasteiger partial charge in [-0.05, 0) is 18.1 Å². The molecule has 0 radical (unpaired) electrons. The van der Waals surface area contributed by atoms with E-state index in [1.165, 1.54) is 11.1 Å². The number of benzene rings is 1. The lowest BCUT2D eigenvalue weighted by Gasteiger charge is -2.37. The average Bonchev–Trinajstić information content (AvgIpc) is 2.58. The molecule has 1 amide bonds. The molecule has 0 aliphatic carbocycles. The van der Waals surface area contributed by atoms with Gasteiger partial charge in [-0.25, -0.2) is 0 Å². The van der Waals surface area contributed by atoms with Crippen molar-refractivity contribution in [3.63, 3.8) is 0 Å². The van der Waals surface area contributed by atoms with Crippen molar-refractivity contribution in [3.05, 3.63) is 35.4 Å². The molecule has 1 aromatic rings. The first kappa shape index (κ1) is 15.5. The molecule has 22 heavy (non-hydrogen) atoms. The highest BCUT2D eigenvalue weighted by molar-refractivity contribution is 5.82. The third-order valence-electron chi connectivity index (χ3n) is 4.56. The molecule has 2 fully saturated rings. The Morgan fingerprint density at radius 1 is 1.27 bits per heavy atom. The van der Waals surface area contributed by atoms with Crippen LogP contribution in [0.15, 0.2) is 24.3 Å². The summed E-state index contributed by atoms with van der Waals surface area (Å²) in [7, 11) is 0. The highest BCUT2D eigenvalue weighted by Crippen LogP contribution is 2.13. The lowest BCUT2D eigenvalue weighted by molar-refractivity contribution is -0.138. The highest BCUT2D eigenvalue weighted by Gasteiger charge is 2.28. The fourth-order valence-electron chi connectivity index (χ4n) is 3.10. The summed E-state index contributed by atoms with van der Waals surface area (Å²) in [5.41, 5.74) is 2.72. The van der Waals surface area contributed by atoms with Crippen molar-refractivity contribution in [1.29, 1.82) is 0 Å². The number of aryl methyl sites for hydroxylation is 1. The van der Waals surface area contributed by atoms with Gasteiger partial charge in [0.05, 0.1) is 13.2 Å². The number of nitrogens with one attached hydrogen (secondary N) is 1. The van der Waals surface area contributed by atoms with Crippen LogP contribution < -0.4 is 5.32 Å². The SMILES string of the molecule is Cc1ccccc1CN1CCN(C(=O)C2COCCN2)CC1. The Kier molecular flexibility index (Phi) is 5.08. The molecule has 120 valence electrons. The third-order valence-corrected chi connectivity index (χ3v) is 4.56. The van der Waals surface area contributed by atoms with Crippen molar-refractivity contribution in [2.24, 2.45) is 0 Å². The van der Waals surface area contributed by atoms with Crippen LogP contribution in [0.25, 0.3) is 0 Å². The molecule has 2 aliphatic heterocycles. The maximum Gasteiger partial charge on any atom is 0.242 e. The number of morpholine rings is 1. The molecule has 0 bridgehead atoms. The van der Waals surface area contributed by atoms with E-state index in [0.29, 0.717) is 13.2 Å². The van der Waals surface area contributed by atoms with Crippen LogP contribution in [0.3, 0.4) is 0 Å². The molecular formula is C17H25N3O2. The minimum Gasteiger partial charge on any atom is -0.378 e. The summed E-state index contributed by atoms with van der Waals surface area (Å²) in [5, 5.41) is 3.24. The van der Waals surface area contributed by atoms with E-state index >= 15 is 0 Å². The molecule has 0 saturated carbocycles. The molecule has 1 aromatic carbocycles. The standard InChI is InChI=1S/C17H25N3O2/c1-14-4-2-3-5-15(14)12-19-7-9-20(10-8-19)17(21)16-13-22-11-6-18-16/h2-5,16,18H,6-13H2,1H3. The van der Waals surface area contributed by atoms with E-state index in [2.05, 4.69) is 41.4 Å². The molecule has 1 N–H and O–H groups in total. The van der Waals surface area contributed by atoms with E-state index in [4.69, 9.17) is 4.74 Å². The van der Waals surface area contributed by atoms with E-state index in [9.17, 15) is 4.79 Å². The third kappa shape index (κ3) is 3.66. The molecule has 1 atom stereocenters. The predicted octanol–water partition coefficient (Wildman–Crippen LogP) is 0.628. The average molecular weight is 303 g/mol. The van der Waals surface area contributed by atoms with Gasteiger partial charge in [0.15, 0.2) is 0 Å². The van der Waals surface area contributed by atoms with Crippen LogP contribution >= 0.6 is 0 Å². The number of nitrogens with zero attached hydrogens (tertiary/aromatic N) is 2. The van der Waals surface area contributed by atoms with Gasteiger partial charge >= 0.3 is 0 Å². The lowest BCUT2D eigenvalue weighted by Crippen LogP contribution is -2.57. The van der Waals surface area contributed by atoms with Crippen LogP contribution in [-0.2, 0) is 16.1 Å². The van der Waals surface area contributed by atoms with Gasteiger partial charge in [-0.2, -0.15) is 0 Å². The second-order valence-corrected chi connectivity index (χ2v) is 6.11. The van der Waals surface area contributed by atoms with Crippen molar-refractivity contribution in [3.8, 4) is 0 Å². The maximum atomic E-state index is 12.4. The number of ether oxygens (including phenoxy) is 1. The Labute approximate surface area is 132 Å². The molecule has 0 aromatic heterocycles. The van der Waals surface area contributed by atoms with E-state index in [0.717, 1.165) is 39.3 Å². The second-order valence-electron chi connectivity index (χ2n) is 6.11. The zero-order chi connectivity index (χ0) is 15.4. The fourth-order valence-corrected chi connectivity index (χ4v) is 3.10. The number of hydrogen-bond acceptors (Lipinski definition) is 4. The second kappa shape index (κ2) is 7.22. The van der Waals surface area contributed by atoms with Crippen LogP contribution in [-0.4, -0.2) is 67.7 Å². The van der Waals surface area contributed by atoms with Crippen molar-refractivity contribution in [2.75, 3.05) is 45.9 Å². The molecule has 2 saturated heterocycles. The summed E-state index contributed by atoms with van der Waals surface area (Å²) in [6.45, 7) is 8.59. The minimum atomic E-state index is -0.156. The zero-order valence-corrected chi connectivity index (χ0v) is 13.3. The van der Waals surface area contributed by atoms with Gasteiger partial charge in [0.1, 0.15) is 6.04 Å². The van der Waals surface area contributed by atoms with Crippen LogP contribution in [0.4, 0.5) is 0 Å². The van der Waals surface area contributed by atoms with Crippen molar-refractivity contribution >= 4 is 5.91 Å². The summed E-state index contributed by atoms with van der Waals surface area (Å²) in [6, 6.07) is 8.36. The van der Waals surface area contributed by atoms with Crippen molar-refractivity contribution < 1.29 is 9.53 Å². The molecular weight excluding hydrogens is 278 g/mol. The first-order valence-electron chi connectivity index (χ1n) is 8.11. The van der Waals surface area contributed by atoms with Gasteiger partial charge in [-0.15, -0.1) is 0 Å². The summed E-state index contributed by atoms with van der Waals surface area (Å²) < 4.78 is 5.39. The monoisotopic (exact) mass is 303 g/mol. The van der Waals surface area contributed by atoms with Crippen LogP contribution in [0.5, 0.6) is 0 Å². The van der Waals surface area contributed by atoms with E-state index in [-0.39, 0.29) is 11.9 Å². The van der Waals surface area contributed by atoms with Crippen LogP contribution in [0.1, 0.15) is 11.1 Å². The lowest BCUT2D eigenvalue weighted by atomic mass is 10.1. The summed E-state index contributed by atoms with van der Waals surface area (Å²) in [5.74, 6) is 0.190. The topological polar surface area (TPSA) is 44.8 Å². The molecule has 2 aliphatic rings. The molecule has 3 rings (SSSR count). The Morgan fingerprint density at radius 2 is 2.05 bits per heavy atom. The van der Waals surface area contributed by atoms with Gasteiger partial charge < -0.3 is 15.0 Å². The Bertz CT molecular complexity index is 506. The minimum absolute atomic E-state index is 0.156. The summed E-state index contributed by atoms with van der Waals surface area (Å²) in [6.07, 6.45) is 0. The number of hydrogen-bond donors (Lipinski definition) is 1. The van der Waals surface area contributed by atoms with Crippen molar-refractivity contribution in [1.82, 2.24) is 15.1 Å². The quantitative estimate of drug-likeness (QED) is 0.889. The van der Waals surface area contributed by atoms with Gasteiger partial charge in [0.2, 0.25) is 5.91 Å². The number of carbonyl (C=O) groups excluding carboxylic acids is 1. The first-order chi connectivity index (χ1) is 10.7. The number of amides is 1. The van der Waals surface area contributed by atoms with Gasteiger partial charge in [0.25, 0.3) is 0 Å². The largest absolute Gasteiger partial charge is 0.378 e. The maximum absolute atomic E-state index is 12.4. The Balaban J connectivity index is 1.50. The predicted molar refractivity (Wildman–Crippen MR) is 85.6 cm³/mol. The first-order valence-corrected chi connectivity index (χ1v) is 8.11. The molecule has 1 unspecified atom stereocenters. The molecule has 2 heterocycles. The summed E-state index contributed by atoms with van der Waals surface area (Å²) in [4.78, 5) is 16.8. The number of rotatable bonds is 3. The normalized spacial score (nSPS) is 23.5. The smallest absolute Gasteiger partial charge is 0.242 e. The number of piperazine rings is 1. The number of carbonyl (C=O) groups is 1. The van der Waals surface area contributed by atoms with Gasteiger partial charge in [0, 0.05) is 39.3 Å². The molecule has 5 heteroatoms. The van der Waals surface area contributed by atoms with E-state index in [1.54, 1.807) is 0 Å².